The maximum atomic E-state index is 14.8. The Bertz CT molecular complexity index is 3040. The molecule has 0 saturated heterocycles. The number of hydrogen-bond donors (Lipinski definition) is 16. The number of carboxylic acid groups (broad SMARTS) is 3. The predicted octanol–water partition coefficient (Wildman–Crippen LogP) is 1.02. The molecule has 2 aromatic heterocycles. The van der Waals surface area contributed by atoms with Crippen molar-refractivity contribution in [3.63, 3.8) is 0 Å². The lowest BCUT2D eigenvalue weighted by Gasteiger charge is -2.29. The lowest BCUT2D eigenvalue weighted by Crippen LogP contribution is -2.61. The summed E-state index contributed by atoms with van der Waals surface area (Å²) in [4.78, 5) is 141. The molecule has 17 N–H and O–H groups in total. The van der Waals surface area contributed by atoms with Crippen molar-refractivity contribution in [3.05, 3.63) is 102 Å². The number of aromatic nitrogens is 2. The van der Waals surface area contributed by atoms with E-state index in [0.29, 0.717) is 46.9 Å². The second-order valence-electron chi connectivity index (χ2n) is 20.0. The van der Waals surface area contributed by atoms with Gasteiger partial charge in [-0.1, -0.05) is 68.8 Å². The molecule has 26 heteroatoms. The zero-order chi connectivity index (χ0) is 60.0. The first-order valence-corrected chi connectivity index (χ1v) is 27.5. The van der Waals surface area contributed by atoms with Crippen LogP contribution in [0.2, 0.25) is 0 Å². The van der Waals surface area contributed by atoms with E-state index in [1.807, 2.05) is 18.2 Å². The van der Waals surface area contributed by atoms with Crippen LogP contribution < -0.4 is 48.7 Å². The van der Waals surface area contributed by atoms with E-state index in [1.165, 1.54) is 24.3 Å². The average Bonchev–Trinajstić information content (AvgIpc) is 4.10. The molecule has 82 heavy (non-hydrogen) atoms. The number of nitrogens with two attached hydrogens (primary N) is 2. The maximum Gasteiger partial charge on any atom is 0.327 e. The molecule has 0 aliphatic heterocycles. The average molecular weight is 1160 g/mol. The topological polar surface area (TPSA) is 419 Å². The lowest BCUT2D eigenvalue weighted by atomic mass is 9.96. The predicted molar refractivity (Wildman–Crippen MR) is 305 cm³/mol. The number of aromatic amines is 2. The highest BCUT2D eigenvalue weighted by Gasteiger charge is 2.36. The van der Waals surface area contributed by atoms with Crippen molar-refractivity contribution >= 4 is 93.7 Å². The van der Waals surface area contributed by atoms with Gasteiger partial charge in [0.1, 0.15) is 48.0 Å². The van der Waals surface area contributed by atoms with Gasteiger partial charge in [-0.2, -0.15) is 12.6 Å². The number of rotatable bonds is 34. The lowest BCUT2D eigenvalue weighted by molar-refractivity contribution is -0.141. The Morgan fingerprint density at radius 1 is 0.537 bits per heavy atom. The number of benzene rings is 3. The number of aromatic hydroxyl groups is 1. The van der Waals surface area contributed by atoms with Crippen LogP contribution in [0, 0.1) is 5.92 Å². The number of fused-ring (bicyclic) bond motifs is 2. The van der Waals surface area contributed by atoms with Crippen molar-refractivity contribution in [1.82, 2.24) is 47.2 Å². The molecule has 0 unspecified atom stereocenters. The summed E-state index contributed by atoms with van der Waals surface area (Å²) < 4.78 is 0. The number of H-pyrrole nitrogens is 2. The highest BCUT2D eigenvalue weighted by molar-refractivity contribution is 7.80. The minimum Gasteiger partial charge on any atom is -0.508 e. The van der Waals surface area contributed by atoms with Crippen LogP contribution >= 0.6 is 12.6 Å². The molecule has 0 bridgehead atoms. The number of para-hydroxylation sites is 2. The molecular formula is C56H73N11O14S. The molecule has 2 heterocycles. The van der Waals surface area contributed by atoms with Crippen LogP contribution in [0.1, 0.15) is 81.9 Å². The van der Waals surface area contributed by atoms with Gasteiger partial charge in [0.2, 0.25) is 41.4 Å². The normalized spacial score (nSPS) is 14.5. The molecule has 0 radical (unpaired) electrons. The third-order valence-electron chi connectivity index (χ3n) is 13.9. The molecular weight excluding hydrogens is 1080 g/mol. The fourth-order valence-electron chi connectivity index (χ4n) is 9.02. The van der Waals surface area contributed by atoms with Crippen LogP contribution in [0.15, 0.2) is 85.2 Å². The second kappa shape index (κ2) is 31.5. The fourth-order valence-corrected chi connectivity index (χ4v) is 9.26. The molecule has 25 nitrogen and oxygen atoms in total. The highest BCUT2D eigenvalue weighted by Crippen LogP contribution is 2.22. The zero-order valence-corrected chi connectivity index (χ0v) is 46.3. The van der Waals surface area contributed by atoms with Crippen LogP contribution in [0.4, 0.5) is 0 Å². The molecule has 442 valence electrons. The van der Waals surface area contributed by atoms with Crippen LogP contribution in [-0.4, -0.2) is 150 Å². The Labute approximate surface area is 477 Å². The Balaban J connectivity index is 1.45. The minimum atomic E-state index is -1.67. The number of unbranched alkanes of at least 4 members (excludes halogenated alkanes) is 1. The summed E-state index contributed by atoms with van der Waals surface area (Å²) in [5.74, 6) is -11.2. The van der Waals surface area contributed by atoms with E-state index in [2.05, 4.69) is 59.8 Å². The number of phenols is 1. The number of carbonyl (C=O) groups excluding carboxylic acids is 7. The number of aliphatic carboxylic acids is 3. The largest absolute Gasteiger partial charge is 0.508 e. The Morgan fingerprint density at radius 3 is 1.48 bits per heavy atom. The van der Waals surface area contributed by atoms with Crippen molar-refractivity contribution in [2.75, 3.05) is 12.3 Å². The third-order valence-corrected chi connectivity index (χ3v) is 14.3. The van der Waals surface area contributed by atoms with Gasteiger partial charge in [-0.25, -0.2) is 4.79 Å². The van der Waals surface area contributed by atoms with E-state index in [-0.39, 0.29) is 50.2 Å². The first-order chi connectivity index (χ1) is 39.1. The summed E-state index contributed by atoms with van der Waals surface area (Å²) in [7, 11) is 0. The SMILES string of the molecule is CC[C@H](C)[C@H](NC(=O)[C@H](Cc1c[nH]c2ccccc12)NC(=O)[C@@H](N)CCC(=O)O)C(=O)N[C@@H](CCCCN)C(=O)N[C@@H](Cc1c[nH]c2ccccc12)C(=O)N[C@@H](CCC(=O)O)C(=O)N[C@@H](Cc1ccc(O)cc1)C(=O)N[C@@H](CS)C(=O)O. The van der Waals surface area contributed by atoms with Gasteiger partial charge in [0.25, 0.3) is 0 Å². The van der Waals surface area contributed by atoms with E-state index < -0.39 is 133 Å². The molecule has 5 rings (SSSR count). The van der Waals surface area contributed by atoms with E-state index in [9.17, 15) is 68.4 Å². The monoisotopic (exact) mass is 1160 g/mol. The van der Waals surface area contributed by atoms with E-state index in [4.69, 9.17) is 11.5 Å². The van der Waals surface area contributed by atoms with Gasteiger partial charge in [0.15, 0.2) is 0 Å². The molecule has 3 aromatic carbocycles. The maximum absolute atomic E-state index is 14.8. The van der Waals surface area contributed by atoms with Crippen LogP contribution in [-0.2, 0) is 67.2 Å². The van der Waals surface area contributed by atoms with E-state index in [0.717, 1.165) is 10.9 Å². The number of phenolic OH excluding ortho intramolecular Hbond substituents is 1. The molecule has 5 aromatic rings. The molecule has 9 atom stereocenters. The summed E-state index contributed by atoms with van der Waals surface area (Å²) in [6, 6.07) is 8.37. The quantitative estimate of drug-likeness (QED) is 0.0202. The van der Waals surface area contributed by atoms with Gasteiger partial charge in [-0.05, 0) is 85.5 Å². The first kappa shape index (κ1) is 64.3. The second-order valence-corrected chi connectivity index (χ2v) is 20.4. The van der Waals surface area contributed by atoms with E-state index in [1.54, 1.807) is 56.6 Å². The number of thiol groups is 1. The molecule has 0 spiro atoms. The van der Waals surface area contributed by atoms with Gasteiger partial charge in [-0.15, -0.1) is 0 Å². The number of nitrogens with one attached hydrogen (secondary N) is 9. The molecule has 0 aliphatic carbocycles. The van der Waals surface area contributed by atoms with Crippen LogP contribution in [0.5, 0.6) is 5.75 Å². The standard InChI is InChI=1S/C56H73N11O14S/c1-3-30(2)48(67-54(78)44(63-49(73)37(58)19-21-46(69)70)26-33-28-60-39-13-7-5-11-36(33)39)55(79)62-40(14-8-9-23-57)50(74)65-43(25-32-27-59-38-12-6-4-10-35(32)38)53(77)61-41(20-22-47(71)72)51(75)64-42(24-31-15-17-34(68)18-16-31)52(76)66-45(29-82)56(80)81/h4-7,10-13,15-18,27-28,30,37,40-45,48,59-60,68,82H,3,8-9,14,19-26,29,57-58H2,1-2H3,(H,61,77)(H,62,79)(H,63,73)(H,64,75)(H,65,74)(H,66,76)(H,67,78)(H,69,70)(H,71,72)(H,80,81)/t30-,37-,40-,41-,42-,43-,44-,45-,48-/m0/s1. The summed E-state index contributed by atoms with van der Waals surface area (Å²) in [6.07, 6.45) is 1.95. The summed E-state index contributed by atoms with van der Waals surface area (Å²) >= 11 is 4.01. The highest BCUT2D eigenvalue weighted by atomic mass is 32.1. The molecule has 0 aliphatic rings. The summed E-state index contributed by atoms with van der Waals surface area (Å²) in [6.45, 7) is 3.68. The summed E-state index contributed by atoms with van der Waals surface area (Å²) in [5.41, 5.74) is 14.9. The van der Waals surface area contributed by atoms with Gasteiger partial charge in [0.05, 0.1) is 6.04 Å². The smallest absolute Gasteiger partial charge is 0.327 e. The van der Waals surface area contributed by atoms with Gasteiger partial charge in [0, 0.05) is 72.1 Å². The van der Waals surface area contributed by atoms with Gasteiger partial charge >= 0.3 is 17.9 Å². The van der Waals surface area contributed by atoms with Crippen LogP contribution in [0.25, 0.3) is 21.8 Å². The number of carbonyl (C=O) groups is 10. The van der Waals surface area contributed by atoms with E-state index >= 15 is 0 Å². The first-order valence-electron chi connectivity index (χ1n) is 26.9. The molecule has 0 saturated carbocycles. The zero-order valence-electron chi connectivity index (χ0n) is 45.4. The van der Waals surface area contributed by atoms with Crippen molar-refractivity contribution in [3.8, 4) is 5.75 Å². The van der Waals surface area contributed by atoms with Crippen molar-refractivity contribution in [1.29, 1.82) is 0 Å². The van der Waals surface area contributed by atoms with Crippen molar-refractivity contribution in [2.45, 2.75) is 133 Å². The number of carboxylic acids is 3. The Kier molecular flexibility index (Phi) is 24.7. The number of hydrogen-bond acceptors (Lipinski definition) is 14. The van der Waals surface area contributed by atoms with Crippen molar-refractivity contribution in [2.24, 2.45) is 17.4 Å². The number of amides is 7. The molecule has 0 fully saturated rings. The Hall–Kier alpha value is -8.49. The van der Waals surface area contributed by atoms with Gasteiger partial charge < -0.3 is 79.1 Å². The Morgan fingerprint density at radius 2 is 0.976 bits per heavy atom. The third kappa shape index (κ3) is 19.1. The summed E-state index contributed by atoms with van der Waals surface area (Å²) in [5, 5.41) is 58.2. The fraction of sp³-hybridized carbons (Fsp3) is 0.429. The van der Waals surface area contributed by atoms with Gasteiger partial charge in [-0.3, -0.25) is 43.2 Å². The molecule has 7 amide bonds. The van der Waals surface area contributed by atoms with Crippen molar-refractivity contribution < 1.29 is 68.4 Å². The van der Waals surface area contributed by atoms with Crippen LogP contribution in [0.3, 0.4) is 0 Å². The minimum absolute atomic E-state index is 0.0189.